The molecule has 2 aromatic rings. The SMILES string of the molecule is CCCn1ncnc1CC(NN)c1ccc(F)c(OC)c1. The van der Waals surface area contributed by atoms with Crippen LogP contribution in [0.2, 0.25) is 0 Å². The summed E-state index contributed by atoms with van der Waals surface area (Å²) in [7, 11) is 1.44. The fourth-order valence-corrected chi connectivity index (χ4v) is 2.19. The summed E-state index contributed by atoms with van der Waals surface area (Å²) in [6, 6.07) is 4.50. The van der Waals surface area contributed by atoms with Gasteiger partial charge in [-0.3, -0.25) is 16.0 Å². The van der Waals surface area contributed by atoms with Crippen molar-refractivity contribution in [3.63, 3.8) is 0 Å². The van der Waals surface area contributed by atoms with Crippen LogP contribution in [0.5, 0.6) is 5.75 Å². The van der Waals surface area contributed by atoms with Gasteiger partial charge in [-0.1, -0.05) is 13.0 Å². The van der Waals surface area contributed by atoms with E-state index in [1.807, 2.05) is 4.68 Å². The second kappa shape index (κ2) is 7.14. The molecule has 1 aromatic carbocycles. The zero-order valence-corrected chi connectivity index (χ0v) is 12.2. The van der Waals surface area contributed by atoms with Crippen molar-refractivity contribution in [2.75, 3.05) is 7.11 Å². The maximum Gasteiger partial charge on any atom is 0.165 e. The van der Waals surface area contributed by atoms with E-state index in [0.717, 1.165) is 24.4 Å². The lowest BCUT2D eigenvalue weighted by atomic mass is 10.0. The maximum atomic E-state index is 13.5. The number of nitrogens with two attached hydrogens (primary N) is 1. The standard InChI is InChI=1S/C14H20FN5O/c1-3-6-20-14(17-9-18-20)8-12(19-16)10-4-5-11(15)13(7-10)21-2/h4-5,7,9,12,19H,3,6,8,16H2,1-2H3. The number of halogens is 1. The molecule has 3 N–H and O–H groups in total. The number of benzene rings is 1. The van der Waals surface area contributed by atoms with E-state index in [2.05, 4.69) is 22.4 Å². The minimum absolute atomic E-state index is 0.195. The van der Waals surface area contributed by atoms with E-state index in [0.29, 0.717) is 6.42 Å². The van der Waals surface area contributed by atoms with Gasteiger partial charge in [-0.15, -0.1) is 0 Å². The average Bonchev–Trinajstić information content (AvgIpc) is 2.93. The topological polar surface area (TPSA) is 78.0 Å². The largest absolute Gasteiger partial charge is 0.494 e. The molecule has 0 saturated carbocycles. The lowest BCUT2D eigenvalue weighted by molar-refractivity contribution is 0.384. The Morgan fingerprint density at radius 3 is 2.95 bits per heavy atom. The third kappa shape index (κ3) is 3.56. The predicted octanol–water partition coefficient (Wildman–Crippen LogP) is 1.58. The second-order valence-corrected chi connectivity index (χ2v) is 4.72. The third-order valence-corrected chi connectivity index (χ3v) is 3.30. The Morgan fingerprint density at radius 1 is 1.48 bits per heavy atom. The van der Waals surface area contributed by atoms with Crippen LogP contribution in [-0.4, -0.2) is 21.9 Å². The molecule has 21 heavy (non-hydrogen) atoms. The van der Waals surface area contributed by atoms with Gasteiger partial charge in [0, 0.05) is 13.0 Å². The van der Waals surface area contributed by atoms with Gasteiger partial charge >= 0.3 is 0 Å². The van der Waals surface area contributed by atoms with Crippen molar-refractivity contribution >= 4 is 0 Å². The molecule has 1 unspecified atom stereocenters. The maximum absolute atomic E-state index is 13.5. The van der Waals surface area contributed by atoms with Crippen LogP contribution in [0.25, 0.3) is 0 Å². The zero-order valence-electron chi connectivity index (χ0n) is 12.2. The van der Waals surface area contributed by atoms with Gasteiger partial charge in [0.1, 0.15) is 12.2 Å². The van der Waals surface area contributed by atoms with E-state index in [1.165, 1.54) is 19.5 Å². The van der Waals surface area contributed by atoms with Gasteiger partial charge in [0.2, 0.25) is 0 Å². The predicted molar refractivity (Wildman–Crippen MR) is 77.0 cm³/mol. The summed E-state index contributed by atoms with van der Waals surface area (Å²) in [5.41, 5.74) is 3.57. The normalized spacial score (nSPS) is 12.4. The number of aromatic nitrogens is 3. The Kier molecular flexibility index (Phi) is 5.24. The van der Waals surface area contributed by atoms with Gasteiger partial charge in [-0.2, -0.15) is 5.10 Å². The number of hydrogen-bond donors (Lipinski definition) is 2. The Bertz CT molecular complexity index is 586. The highest BCUT2D eigenvalue weighted by Gasteiger charge is 2.16. The second-order valence-electron chi connectivity index (χ2n) is 4.72. The summed E-state index contributed by atoms with van der Waals surface area (Å²) in [4.78, 5) is 4.26. The highest BCUT2D eigenvalue weighted by molar-refractivity contribution is 5.32. The highest BCUT2D eigenvalue weighted by Crippen LogP contribution is 2.24. The fraction of sp³-hybridized carbons (Fsp3) is 0.429. The van der Waals surface area contributed by atoms with E-state index in [4.69, 9.17) is 10.6 Å². The number of nitrogens with one attached hydrogen (secondary N) is 1. The number of methoxy groups -OCH3 is 1. The Morgan fingerprint density at radius 2 is 2.29 bits per heavy atom. The molecule has 2 rings (SSSR count). The fourth-order valence-electron chi connectivity index (χ4n) is 2.19. The molecule has 0 aliphatic heterocycles. The van der Waals surface area contributed by atoms with Crippen molar-refractivity contribution in [1.82, 2.24) is 20.2 Å². The Balaban J connectivity index is 2.21. The van der Waals surface area contributed by atoms with Crippen LogP contribution in [0.3, 0.4) is 0 Å². The molecule has 1 atom stereocenters. The lowest BCUT2D eigenvalue weighted by Crippen LogP contribution is -2.30. The number of aryl methyl sites for hydroxylation is 1. The van der Waals surface area contributed by atoms with Crippen molar-refractivity contribution in [2.45, 2.75) is 32.4 Å². The molecule has 0 saturated heterocycles. The molecule has 7 heteroatoms. The molecule has 0 spiro atoms. The number of rotatable bonds is 7. The summed E-state index contributed by atoms with van der Waals surface area (Å²) < 4.78 is 20.3. The number of nitrogens with zero attached hydrogens (tertiary/aromatic N) is 3. The van der Waals surface area contributed by atoms with Gasteiger partial charge < -0.3 is 4.74 Å². The molecule has 0 amide bonds. The average molecular weight is 293 g/mol. The van der Waals surface area contributed by atoms with Gasteiger partial charge in [0.05, 0.1) is 13.2 Å². The van der Waals surface area contributed by atoms with Crippen LogP contribution in [-0.2, 0) is 13.0 Å². The van der Waals surface area contributed by atoms with E-state index in [9.17, 15) is 4.39 Å². The smallest absolute Gasteiger partial charge is 0.165 e. The van der Waals surface area contributed by atoms with Crippen LogP contribution < -0.4 is 16.0 Å². The van der Waals surface area contributed by atoms with E-state index >= 15 is 0 Å². The first-order valence-electron chi connectivity index (χ1n) is 6.85. The number of hydrazine groups is 1. The first-order valence-corrected chi connectivity index (χ1v) is 6.85. The summed E-state index contributed by atoms with van der Waals surface area (Å²) >= 11 is 0. The van der Waals surface area contributed by atoms with Crippen LogP contribution in [0.1, 0.15) is 30.8 Å². The third-order valence-electron chi connectivity index (χ3n) is 3.30. The van der Waals surface area contributed by atoms with E-state index in [-0.39, 0.29) is 11.8 Å². The van der Waals surface area contributed by atoms with Crippen molar-refractivity contribution in [3.8, 4) is 5.75 Å². The molecule has 0 aliphatic rings. The molecule has 6 nitrogen and oxygen atoms in total. The van der Waals surface area contributed by atoms with Gasteiger partial charge in [-0.05, 0) is 24.1 Å². The van der Waals surface area contributed by atoms with E-state index < -0.39 is 5.82 Å². The van der Waals surface area contributed by atoms with Crippen molar-refractivity contribution in [1.29, 1.82) is 0 Å². The molecule has 1 aromatic heterocycles. The van der Waals surface area contributed by atoms with Crippen molar-refractivity contribution in [2.24, 2.45) is 5.84 Å². The summed E-state index contributed by atoms with van der Waals surface area (Å²) in [5.74, 6) is 6.27. The molecular formula is C14H20FN5O. The monoisotopic (exact) mass is 293 g/mol. The quantitative estimate of drug-likeness (QED) is 0.598. The molecule has 0 aliphatic carbocycles. The minimum Gasteiger partial charge on any atom is -0.494 e. The number of ether oxygens (including phenoxy) is 1. The van der Waals surface area contributed by atoms with Crippen molar-refractivity contribution in [3.05, 3.63) is 41.7 Å². The van der Waals surface area contributed by atoms with Gasteiger partial charge in [0.25, 0.3) is 0 Å². The molecule has 0 radical (unpaired) electrons. The molecule has 0 fully saturated rings. The van der Waals surface area contributed by atoms with Gasteiger partial charge in [-0.25, -0.2) is 9.37 Å². The molecule has 0 bridgehead atoms. The molecule has 114 valence electrons. The Hall–Kier alpha value is -1.99. The molecule has 1 heterocycles. The number of hydrogen-bond acceptors (Lipinski definition) is 5. The van der Waals surface area contributed by atoms with Crippen molar-refractivity contribution < 1.29 is 9.13 Å². The molecular weight excluding hydrogens is 273 g/mol. The van der Waals surface area contributed by atoms with Crippen LogP contribution in [0, 0.1) is 5.82 Å². The lowest BCUT2D eigenvalue weighted by Gasteiger charge is -2.17. The Labute approximate surface area is 123 Å². The summed E-state index contributed by atoms with van der Waals surface area (Å²) in [6.45, 7) is 2.88. The zero-order chi connectivity index (χ0) is 15.2. The van der Waals surface area contributed by atoms with Crippen LogP contribution in [0.15, 0.2) is 24.5 Å². The van der Waals surface area contributed by atoms with Crippen LogP contribution in [0.4, 0.5) is 4.39 Å². The first-order chi connectivity index (χ1) is 10.2. The summed E-state index contributed by atoms with van der Waals surface area (Å²) in [6.07, 6.45) is 3.07. The minimum atomic E-state index is -0.397. The van der Waals surface area contributed by atoms with Crippen LogP contribution >= 0.6 is 0 Å². The first kappa shape index (κ1) is 15.4. The van der Waals surface area contributed by atoms with Gasteiger partial charge in [0.15, 0.2) is 11.6 Å². The highest BCUT2D eigenvalue weighted by atomic mass is 19.1. The summed E-state index contributed by atoms with van der Waals surface area (Å²) in [5, 5.41) is 4.19. The van der Waals surface area contributed by atoms with E-state index in [1.54, 1.807) is 12.1 Å².